The third-order valence-corrected chi connectivity index (χ3v) is 8.22. The Morgan fingerprint density at radius 3 is 2.04 bits per heavy atom. The zero-order valence-corrected chi connectivity index (χ0v) is 15.1. The Bertz CT molecular complexity index is 646. The van der Waals surface area contributed by atoms with Gasteiger partial charge in [0.2, 0.25) is 0 Å². The van der Waals surface area contributed by atoms with Gasteiger partial charge >= 0.3 is 0 Å². The molecule has 0 radical (unpaired) electrons. The number of piperidine rings is 1. The molecule has 1 saturated heterocycles. The van der Waals surface area contributed by atoms with Crippen molar-refractivity contribution in [2.45, 2.75) is 31.9 Å². The predicted molar refractivity (Wildman–Crippen MR) is 101 cm³/mol. The van der Waals surface area contributed by atoms with Crippen LogP contribution in [-0.2, 0) is 4.57 Å². The molecular weight excluding hydrogens is 317 g/mol. The summed E-state index contributed by atoms with van der Waals surface area (Å²) in [4.78, 5) is 2.28. The number of rotatable bonds is 5. The first kappa shape index (κ1) is 17.4. The van der Waals surface area contributed by atoms with E-state index in [-0.39, 0.29) is 12.1 Å². The van der Waals surface area contributed by atoms with Crippen LogP contribution in [0.4, 0.5) is 0 Å². The van der Waals surface area contributed by atoms with Crippen LogP contribution >= 0.6 is 7.14 Å². The van der Waals surface area contributed by atoms with Crippen molar-refractivity contribution in [2.24, 2.45) is 0 Å². The van der Waals surface area contributed by atoms with E-state index in [1.165, 1.54) is 0 Å². The van der Waals surface area contributed by atoms with Crippen molar-refractivity contribution >= 4 is 17.8 Å². The Labute approximate surface area is 144 Å². The molecule has 4 heteroatoms. The Morgan fingerprint density at radius 1 is 1.00 bits per heavy atom. The topological polar surface area (TPSA) is 40.5 Å². The molecule has 128 valence electrons. The van der Waals surface area contributed by atoms with Crippen molar-refractivity contribution in [1.29, 1.82) is 0 Å². The van der Waals surface area contributed by atoms with Gasteiger partial charge in [-0.2, -0.15) is 0 Å². The molecule has 1 heterocycles. The smallest absolute Gasteiger partial charge is 0.144 e. The van der Waals surface area contributed by atoms with Gasteiger partial charge in [0.1, 0.15) is 7.14 Å². The first-order valence-electron chi connectivity index (χ1n) is 8.76. The second kappa shape index (κ2) is 7.65. The first-order valence-corrected chi connectivity index (χ1v) is 10.6. The van der Waals surface area contributed by atoms with Crippen LogP contribution in [0.3, 0.4) is 0 Å². The van der Waals surface area contributed by atoms with Crippen LogP contribution in [0.1, 0.15) is 19.8 Å². The minimum absolute atomic E-state index is 0.254. The summed E-state index contributed by atoms with van der Waals surface area (Å²) in [5.74, 6) is 0. The third-order valence-electron chi connectivity index (χ3n) is 5.02. The lowest BCUT2D eigenvalue weighted by molar-refractivity contribution is 0.0454. The number of aliphatic hydroxyl groups is 1. The van der Waals surface area contributed by atoms with Crippen LogP contribution in [0.2, 0.25) is 0 Å². The molecule has 3 rings (SSSR count). The van der Waals surface area contributed by atoms with Crippen molar-refractivity contribution in [1.82, 2.24) is 4.90 Å². The molecule has 1 aliphatic heterocycles. The van der Waals surface area contributed by atoms with Crippen molar-refractivity contribution in [3.8, 4) is 0 Å². The summed E-state index contributed by atoms with van der Waals surface area (Å²) in [5, 5.41) is 11.8. The molecule has 2 aromatic carbocycles. The number of aliphatic hydroxyl groups excluding tert-OH is 1. The third kappa shape index (κ3) is 3.64. The van der Waals surface area contributed by atoms with Gasteiger partial charge in [-0.05, 0) is 19.4 Å². The van der Waals surface area contributed by atoms with E-state index >= 15 is 0 Å². The Kier molecular flexibility index (Phi) is 5.55. The average Bonchev–Trinajstić information content (AvgIpc) is 2.64. The maximum absolute atomic E-state index is 14.1. The molecule has 0 unspecified atom stereocenters. The lowest BCUT2D eigenvalue weighted by Gasteiger charge is -2.39. The maximum atomic E-state index is 14.1. The highest BCUT2D eigenvalue weighted by Gasteiger charge is 2.35. The Morgan fingerprint density at radius 2 is 1.54 bits per heavy atom. The van der Waals surface area contributed by atoms with Crippen LogP contribution in [0.5, 0.6) is 0 Å². The summed E-state index contributed by atoms with van der Waals surface area (Å²) < 4.78 is 14.1. The second-order valence-electron chi connectivity index (χ2n) is 6.57. The van der Waals surface area contributed by atoms with Gasteiger partial charge in [-0.25, -0.2) is 0 Å². The van der Waals surface area contributed by atoms with E-state index in [2.05, 4.69) is 11.8 Å². The number of hydrogen-bond donors (Lipinski definition) is 1. The lowest BCUT2D eigenvalue weighted by atomic mass is 10.0. The Hall–Kier alpha value is -1.41. The van der Waals surface area contributed by atoms with Crippen LogP contribution in [-0.4, -0.2) is 41.4 Å². The summed E-state index contributed by atoms with van der Waals surface area (Å²) in [6, 6.07) is 20.0. The molecule has 24 heavy (non-hydrogen) atoms. The molecule has 0 aromatic heterocycles. The molecule has 1 fully saturated rings. The van der Waals surface area contributed by atoms with E-state index in [1.807, 2.05) is 60.7 Å². The van der Waals surface area contributed by atoms with Crippen LogP contribution in [0, 0.1) is 0 Å². The van der Waals surface area contributed by atoms with E-state index in [4.69, 9.17) is 0 Å². The molecule has 1 aliphatic rings. The predicted octanol–water partition coefficient (Wildman–Crippen LogP) is 2.85. The number of likely N-dealkylation sites (N-methyl/N-ethyl adjacent to an activating group) is 1. The van der Waals surface area contributed by atoms with E-state index in [0.29, 0.717) is 12.7 Å². The van der Waals surface area contributed by atoms with Gasteiger partial charge in [-0.3, -0.25) is 4.90 Å². The van der Waals surface area contributed by atoms with E-state index < -0.39 is 7.14 Å². The van der Waals surface area contributed by atoms with Gasteiger partial charge in [0, 0.05) is 29.4 Å². The molecule has 0 saturated carbocycles. The van der Waals surface area contributed by atoms with Gasteiger partial charge < -0.3 is 9.67 Å². The highest BCUT2D eigenvalue weighted by molar-refractivity contribution is 7.78. The van der Waals surface area contributed by atoms with E-state index in [9.17, 15) is 9.67 Å². The number of hydrogen-bond acceptors (Lipinski definition) is 3. The van der Waals surface area contributed by atoms with Gasteiger partial charge in [-0.15, -0.1) is 0 Å². The number of nitrogens with zero attached hydrogens (tertiary/aromatic N) is 1. The molecule has 3 nitrogen and oxygen atoms in total. The molecule has 0 aliphatic carbocycles. The zero-order chi connectivity index (χ0) is 17.0. The summed E-state index contributed by atoms with van der Waals surface area (Å²) in [6.45, 7) is 3.68. The molecule has 2 aromatic rings. The average molecular weight is 343 g/mol. The standard InChI is InChI=1S/C20H26NO2P/c1-2-21-15-18(22)14-13-17(21)16-24(23,19-9-5-3-6-10-19)20-11-7-4-8-12-20/h3-12,17-18,22H,2,13-16H2,1H3/t17-,18+/m0/s1. The zero-order valence-electron chi connectivity index (χ0n) is 14.2. The lowest BCUT2D eigenvalue weighted by Crippen LogP contribution is -2.47. The minimum Gasteiger partial charge on any atom is -0.392 e. The quantitative estimate of drug-likeness (QED) is 0.849. The van der Waals surface area contributed by atoms with Gasteiger partial charge in [0.25, 0.3) is 0 Å². The van der Waals surface area contributed by atoms with Crippen molar-refractivity contribution < 1.29 is 9.67 Å². The highest BCUT2D eigenvalue weighted by atomic mass is 31.2. The minimum atomic E-state index is -2.69. The Balaban J connectivity index is 1.96. The van der Waals surface area contributed by atoms with Gasteiger partial charge in [0.05, 0.1) is 6.10 Å². The van der Waals surface area contributed by atoms with Gasteiger partial charge in [0.15, 0.2) is 0 Å². The summed E-state index contributed by atoms with van der Waals surface area (Å²) in [7, 11) is -2.69. The van der Waals surface area contributed by atoms with Crippen molar-refractivity contribution in [2.75, 3.05) is 19.3 Å². The SMILES string of the molecule is CCN1C[C@H](O)CC[C@H]1CP(=O)(c1ccccc1)c1ccccc1. The summed E-state index contributed by atoms with van der Waals surface area (Å²) in [5.41, 5.74) is 0. The first-order chi connectivity index (χ1) is 11.6. The molecule has 0 spiro atoms. The molecule has 0 bridgehead atoms. The number of β-amino-alcohol motifs (C(OH)–C–C–N with tert-alkyl or cyclic N) is 1. The van der Waals surface area contributed by atoms with Crippen molar-refractivity contribution in [3.05, 3.63) is 60.7 Å². The fourth-order valence-corrected chi connectivity index (χ4v) is 6.70. The summed E-state index contributed by atoms with van der Waals surface area (Å²) in [6.07, 6.45) is 2.08. The van der Waals surface area contributed by atoms with Crippen molar-refractivity contribution in [3.63, 3.8) is 0 Å². The largest absolute Gasteiger partial charge is 0.392 e. The summed E-state index contributed by atoms with van der Waals surface area (Å²) >= 11 is 0. The number of benzene rings is 2. The normalized spacial score (nSPS) is 22.4. The van der Waals surface area contributed by atoms with Gasteiger partial charge in [-0.1, -0.05) is 67.6 Å². The van der Waals surface area contributed by atoms with E-state index in [1.54, 1.807) is 0 Å². The monoisotopic (exact) mass is 343 g/mol. The van der Waals surface area contributed by atoms with Crippen LogP contribution in [0.15, 0.2) is 60.7 Å². The fraction of sp³-hybridized carbons (Fsp3) is 0.400. The molecule has 1 N–H and O–H groups in total. The molecule has 0 amide bonds. The van der Waals surface area contributed by atoms with E-state index in [0.717, 1.165) is 30.0 Å². The fourth-order valence-electron chi connectivity index (χ4n) is 3.67. The second-order valence-corrected chi connectivity index (χ2v) is 9.44. The molecular formula is C20H26NO2P. The van der Waals surface area contributed by atoms with Crippen LogP contribution < -0.4 is 10.6 Å². The van der Waals surface area contributed by atoms with Crippen LogP contribution in [0.25, 0.3) is 0 Å². The molecule has 2 atom stereocenters. The maximum Gasteiger partial charge on any atom is 0.144 e. The highest BCUT2D eigenvalue weighted by Crippen LogP contribution is 2.45. The number of likely N-dealkylation sites (tertiary alicyclic amines) is 1.